The number of carbonyl (C=O) groups is 8. The summed E-state index contributed by atoms with van der Waals surface area (Å²) < 4.78 is 0.942. The van der Waals surface area contributed by atoms with Gasteiger partial charge in [-0.3, -0.25) is 38.4 Å². The number of hydrogen-bond acceptors (Lipinski definition) is 10. The van der Waals surface area contributed by atoms with Crippen LogP contribution in [-0.2, 0) is 41.6 Å². The summed E-state index contributed by atoms with van der Waals surface area (Å²) in [7, 11) is 9.36. The second-order valence-corrected chi connectivity index (χ2v) is 23.1. The number of amides is 8. The molecule has 0 saturated carbocycles. The minimum absolute atomic E-state index is 0.0287. The van der Waals surface area contributed by atoms with Crippen molar-refractivity contribution in [3.8, 4) is 0 Å². The van der Waals surface area contributed by atoms with Crippen LogP contribution in [0.3, 0.4) is 0 Å². The molecule has 3 aromatic carbocycles. The normalized spacial score (nSPS) is 22.5. The van der Waals surface area contributed by atoms with Gasteiger partial charge < -0.3 is 52.3 Å². The number of nitrogens with zero attached hydrogens (tertiary/aromatic N) is 2. The van der Waals surface area contributed by atoms with Crippen LogP contribution < -0.4 is 48.0 Å². The van der Waals surface area contributed by atoms with Gasteiger partial charge in [-0.25, -0.2) is 0 Å². The third kappa shape index (κ3) is 13.8. The van der Waals surface area contributed by atoms with Crippen molar-refractivity contribution < 1.29 is 38.4 Å². The zero-order chi connectivity index (χ0) is 56.0. The molecule has 2 radical (unpaired) electrons. The van der Waals surface area contributed by atoms with E-state index in [2.05, 4.69) is 71.1 Å². The molecule has 2 aliphatic carbocycles. The average molecular weight is 1120 g/mol. The van der Waals surface area contributed by atoms with Gasteiger partial charge >= 0.3 is 0 Å². The summed E-state index contributed by atoms with van der Waals surface area (Å²) >= 11 is 3.56. The second kappa shape index (κ2) is 25.0. The van der Waals surface area contributed by atoms with Crippen molar-refractivity contribution in [2.75, 3.05) is 27.2 Å². The highest BCUT2D eigenvalue weighted by Gasteiger charge is 2.47. The monoisotopic (exact) mass is 1120 g/mol. The number of aryl methyl sites for hydroxylation is 2. The smallest absolute Gasteiger partial charge is 0.251 e. The van der Waals surface area contributed by atoms with Crippen molar-refractivity contribution in [2.45, 2.75) is 153 Å². The van der Waals surface area contributed by atoms with E-state index in [1.54, 1.807) is 59.1 Å². The van der Waals surface area contributed by atoms with E-state index in [1.807, 2.05) is 45.0 Å². The lowest BCUT2D eigenvalue weighted by atomic mass is 9.83. The van der Waals surface area contributed by atoms with Gasteiger partial charge in [-0.1, -0.05) is 79.1 Å². The maximum absolute atomic E-state index is 14.7. The van der Waals surface area contributed by atoms with Crippen molar-refractivity contribution >= 4 is 76.5 Å². The molecule has 4 aliphatic rings. The predicted molar refractivity (Wildman–Crippen MR) is 298 cm³/mol. The lowest BCUT2D eigenvalue weighted by Gasteiger charge is -2.36. The fourth-order valence-corrected chi connectivity index (χ4v) is 11.2. The van der Waals surface area contributed by atoms with Crippen LogP contribution in [0.25, 0.3) is 0 Å². The molecule has 410 valence electrons. The quantitative estimate of drug-likeness (QED) is 0.0727. The minimum Gasteiger partial charge on any atom is -0.347 e. The Morgan fingerprint density at radius 2 is 1.14 bits per heavy atom. The van der Waals surface area contributed by atoms with Crippen LogP contribution in [0.4, 0.5) is 0 Å². The third-order valence-electron chi connectivity index (χ3n) is 15.4. The van der Waals surface area contributed by atoms with Crippen LogP contribution in [0.15, 0.2) is 77.3 Å². The van der Waals surface area contributed by atoms with Crippen LogP contribution in [0.5, 0.6) is 0 Å². The molecular formula is C57H74BBrN10O8. The standard InChI is InChI=1S/C57H74BBrN10O8/c1-30(2)47(66-49(70)31(3)60-8)55(76)68-28-39(26-45(68)53(74)64-43-17-11-13-33-24-37(58)19-21-41(33)43)62-51(72)35-15-10-16-36(23-35)52(73)63-40-27-46(54(75)65-44-18-12-14-34-25-38(59)20-22-42(34)44)69(29-40)56(77)48(57(5,6)7)67-50(71)32(4)61-9/h10,15-16,19-25,31-32,39-40,43-48,60-61H,1,11-14,17-18,26-29H2,2-9H3,(H,62,72)(H,63,73)(H,64,74)(H,65,75)(H,66,70)(H,67,71)/t31-,32-,39-,40-,43?,44?,45-,46-,47-,48+/m0/s1. The van der Waals surface area contributed by atoms with Crippen molar-refractivity contribution in [3.05, 3.63) is 111 Å². The number of nitrogens with one attached hydrogen (secondary N) is 8. The molecule has 18 nitrogen and oxygen atoms in total. The van der Waals surface area contributed by atoms with Crippen molar-refractivity contribution in [1.82, 2.24) is 52.3 Å². The number of likely N-dealkylation sites (tertiary alicyclic amines) is 2. The number of likely N-dealkylation sites (N-methyl/N-ethyl adjacent to an activating group) is 2. The summed E-state index contributed by atoms with van der Waals surface area (Å²) in [5, 5.41) is 23.8. The molecular weight excluding hydrogens is 1040 g/mol. The zero-order valence-electron chi connectivity index (χ0n) is 45.4. The topological polar surface area (TPSA) is 239 Å². The van der Waals surface area contributed by atoms with E-state index in [9.17, 15) is 38.4 Å². The summed E-state index contributed by atoms with van der Waals surface area (Å²) in [4.78, 5) is 116. The van der Waals surface area contributed by atoms with Gasteiger partial charge in [-0.15, -0.1) is 0 Å². The highest BCUT2D eigenvalue weighted by atomic mass is 79.9. The molecule has 8 N–H and O–H groups in total. The Bertz CT molecular complexity index is 2790. The first kappa shape index (κ1) is 58.3. The van der Waals surface area contributed by atoms with Crippen LogP contribution in [0, 0.1) is 5.41 Å². The van der Waals surface area contributed by atoms with E-state index in [1.165, 1.54) is 15.9 Å². The zero-order valence-corrected chi connectivity index (χ0v) is 47.0. The first-order valence-corrected chi connectivity index (χ1v) is 27.5. The number of fused-ring (bicyclic) bond motifs is 2. The summed E-state index contributed by atoms with van der Waals surface area (Å²) in [6, 6.07) is 10.3. The molecule has 2 heterocycles. The second-order valence-electron chi connectivity index (χ2n) is 22.2. The molecule has 2 aliphatic heterocycles. The van der Waals surface area contributed by atoms with Crippen LogP contribution >= 0.6 is 15.9 Å². The van der Waals surface area contributed by atoms with Gasteiger partial charge in [0, 0.05) is 40.8 Å². The molecule has 0 bridgehead atoms. The van der Waals surface area contributed by atoms with Crippen LogP contribution in [0.1, 0.15) is 135 Å². The van der Waals surface area contributed by atoms with E-state index in [-0.39, 0.29) is 61.0 Å². The molecule has 7 rings (SSSR count). The number of carbonyl (C=O) groups excluding carboxylic acids is 8. The fraction of sp³-hybridized carbons (Fsp3) is 0.509. The van der Waals surface area contributed by atoms with Gasteiger partial charge in [-0.05, 0) is 150 Å². The number of benzene rings is 3. The lowest BCUT2D eigenvalue weighted by molar-refractivity contribution is -0.144. The first-order valence-electron chi connectivity index (χ1n) is 26.7. The van der Waals surface area contributed by atoms with Gasteiger partial charge in [-0.2, -0.15) is 0 Å². The third-order valence-corrected chi connectivity index (χ3v) is 15.9. The Morgan fingerprint density at radius 3 is 1.64 bits per heavy atom. The highest BCUT2D eigenvalue weighted by molar-refractivity contribution is 9.10. The van der Waals surface area contributed by atoms with Gasteiger partial charge in [0.25, 0.3) is 11.8 Å². The maximum Gasteiger partial charge on any atom is 0.251 e. The Balaban J connectivity index is 1.08. The summed E-state index contributed by atoms with van der Waals surface area (Å²) in [5.74, 6) is -3.73. The molecule has 3 aromatic rings. The molecule has 20 heteroatoms. The Morgan fingerprint density at radius 1 is 0.662 bits per heavy atom. The van der Waals surface area contributed by atoms with E-state index in [0.29, 0.717) is 23.9 Å². The average Bonchev–Trinajstić information content (AvgIpc) is 4.04. The van der Waals surface area contributed by atoms with Gasteiger partial charge in [0.1, 0.15) is 32.0 Å². The number of rotatable bonds is 17. The van der Waals surface area contributed by atoms with Crippen molar-refractivity contribution in [1.29, 1.82) is 0 Å². The predicted octanol–water partition coefficient (Wildman–Crippen LogP) is 2.84. The van der Waals surface area contributed by atoms with E-state index in [0.717, 1.165) is 52.4 Å². The van der Waals surface area contributed by atoms with Gasteiger partial charge in [0.05, 0.1) is 24.2 Å². The SMILES string of the molecule is [B]c1ccc2c(c1)CCCC2NC(=O)[C@@H]1C[C@H](NC(=O)c2cccc(C(=O)N[C@H]3C[C@@H](C(=O)NC4CCCc5cc(Br)ccc54)N(C(=O)[C@@H](NC(=O)[C@H](C)NC)C(C)(C)C)C3)c2)CN1C(=O)[C@@H](NC(=O)[C@H](C)NC)C(=C)C. The Hall–Kier alpha value is -6.38. The van der Waals surface area contributed by atoms with Crippen LogP contribution in [0.2, 0.25) is 0 Å². The first-order chi connectivity index (χ1) is 36.5. The van der Waals surface area contributed by atoms with Gasteiger partial charge in [0.15, 0.2) is 0 Å². The van der Waals surface area contributed by atoms with E-state index < -0.39 is 89.2 Å². The maximum atomic E-state index is 14.7. The van der Waals surface area contributed by atoms with Crippen molar-refractivity contribution in [3.63, 3.8) is 0 Å². The summed E-state index contributed by atoms with van der Waals surface area (Å²) in [6.07, 6.45) is 4.88. The molecule has 2 fully saturated rings. The molecule has 0 spiro atoms. The summed E-state index contributed by atoms with van der Waals surface area (Å²) in [6.45, 7) is 14.4. The molecule has 2 unspecified atom stereocenters. The number of halogens is 1. The number of hydrogen-bond donors (Lipinski definition) is 8. The lowest BCUT2D eigenvalue weighted by Crippen LogP contribution is -2.59. The van der Waals surface area contributed by atoms with Crippen molar-refractivity contribution in [2.24, 2.45) is 5.41 Å². The Kier molecular flexibility index (Phi) is 18.9. The molecule has 2 saturated heterocycles. The largest absolute Gasteiger partial charge is 0.347 e. The highest BCUT2D eigenvalue weighted by Crippen LogP contribution is 2.34. The summed E-state index contributed by atoms with van der Waals surface area (Å²) in [5.41, 5.74) is 4.62. The fourth-order valence-electron chi connectivity index (χ4n) is 10.8. The van der Waals surface area contributed by atoms with Gasteiger partial charge in [0.2, 0.25) is 35.4 Å². The molecule has 0 aromatic heterocycles. The minimum atomic E-state index is -1.16. The molecule has 77 heavy (non-hydrogen) atoms. The van der Waals surface area contributed by atoms with E-state index >= 15 is 0 Å². The van der Waals surface area contributed by atoms with Crippen LogP contribution in [-0.4, -0.2) is 140 Å². The molecule has 8 amide bonds. The van der Waals surface area contributed by atoms with E-state index in [4.69, 9.17) is 7.85 Å². The molecule has 10 atom stereocenters. The Labute approximate surface area is 461 Å².